The van der Waals surface area contributed by atoms with Crippen LogP contribution in [0.25, 0.3) is 38.9 Å². The largest absolute Gasteiger partial charge is 0.382 e. The molecule has 168 valence electrons. The summed E-state index contributed by atoms with van der Waals surface area (Å²) in [4.78, 5) is 28.2. The van der Waals surface area contributed by atoms with Crippen LogP contribution in [0.1, 0.15) is 19.2 Å². The second kappa shape index (κ2) is 8.74. The van der Waals surface area contributed by atoms with E-state index in [9.17, 15) is 4.79 Å². The van der Waals surface area contributed by atoms with Crippen LogP contribution in [-0.2, 0) is 11.3 Å². The van der Waals surface area contributed by atoms with Gasteiger partial charge in [-0.25, -0.2) is 15.0 Å². The van der Waals surface area contributed by atoms with Crippen LogP contribution in [0.5, 0.6) is 0 Å². The zero-order valence-electron chi connectivity index (χ0n) is 18.2. The van der Waals surface area contributed by atoms with E-state index in [0.29, 0.717) is 81.0 Å². The minimum atomic E-state index is -0.166. The van der Waals surface area contributed by atoms with Gasteiger partial charge >= 0.3 is 0 Å². The standard InChI is InChI=1S/C24H21Cl2N5O2/c1-3-33-12-6-11-30-14(2)27-22-20(24(30)32)21-23(29-18-8-5-4-7-17(18)28-21)31(22)19-13-15(25)9-10-16(19)26/h4-5,7-10,13H,3,6,11-12H2,1-2H3. The molecule has 2 aromatic carbocycles. The van der Waals surface area contributed by atoms with Crippen LogP contribution in [0, 0.1) is 6.92 Å². The van der Waals surface area contributed by atoms with E-state index in [2.05, 4.69) is 0 Å². The Balaban J connectivity index is 1.87. The molecule has 5 aromatic rings. The molecule has 0 radical (unpaired) electrons. The predicted molar refractivity (Wildman–Crippen MR) is 132 cm³/mol. The molecule has 3 aromatic heterocycles. The molecule has 0 aliphatic heterocycles. The molecule has 3 heterocycles. The molecule has 0 aliphatic rings. The number of halogens is 2. The van der Waals surface area contributed by atoms with Crippen LogP contribution in [-0.4, -0.2) is 37.3 Å². The first-order valence-corrected chi connectivity index (χ1v) is 11.5. The summed E-state index contributed by atoms with van der Waals surface area (Å²) in [6.45, 7) is 5.48. The Morgan fingerprint density at radius 3 is 2.52 bits per heavy atom. The number of nitrogens with zero attached hydrogens (tertiary/aromatic N) is 5. The van der Waals surface area contributed by atoms with E-state index in [4.69, 9.17) is 42.9 Å². The third kappa shape index (κ3) is 3.76. The predicted octanol–water partition coefficient (Wildman–Crippen LogP) is 5.33. The first-order valence-electron chi connectivity index (χ1n) is 10.7. The van der Waals surface area contributed by atoms with E-state index >= 15 is 0 Å². The maximum absolute atomic E-state index is 13.7. The number of rotatable bonds is 6. The van der Waals surface area contributed by atoms with Gasteiger partial charge in [0, 0.05) is 24.8 Å². The molecule has 0 unspecified atom stereocenters. The fourth-order valence-electron chi connectivity index (χ4n) is 4.05. The van der Waals surface area contributed by atoms with Crippen molar-refractivity contribution in [2.75, 3.05) is 13.2 Å². The lowest BCUT2D eigenvalue weighted by atomic mass is 10.3. The fourth-order valence-corrected chi connectivity index (χ4v) is 4.42. The maximum atomic E-state index is 13.7. The van der Waals surface area contributed by atoms with Gasteiger partial charge in [0.15, 0.2) is 11.3 Å². The van der Waals surface area contributed by atoms with Gasteiger partial charge in [-0.2, -0.15) is 0 Å². The Labute approximate surface area is 199 Å². The van der Waals surface area contributed by atoms with E-state index in [-0.39, 0.29) is 5.56 Å². The Hall–Kier alpha value is -3.00. The van der Waals surface area contributed by atoms with Crippen molar-refractivity contribution in [2.45, 2.75) is 26.8 Å². The first-order chi connectivity index (χ1) is 16.0. The lowest BCUT2D eigenvalue weighted by Gasteiger charge is -2.12. The zero-order valence-corrected chi connectivity index (χ0v) is 19.7. The van der Waals surface area contributed by atoms with Crippen molar-refractivity contribution in [1.29, 1.82) is 0 Å². The van der Waals surface area contributed by atoms with Crippen LogP contribution in [0.2, 0.25) is 10.0 Å². The van der Waals surface area contributed by atoms with Gasteiger partial charge in [-0.1, -0.05) is 35.3 Å². The van der Waals surface area contributed by atoms with E-state index in [1.54, 1.807) is 27.3 Å². The van der Waals surface area contributed by atoms with Gasteiger partial charge < -0.3 is 4.74 Å². The topological polar surface area (TPSA) is 74.8 Å². The highest BCUT2D eigenvalue weighted by Crippen LogP contribution is 2.33. The van der Waals surface area contributed by atoms with Gasteiger partial charge in [-0.3, -0.25) is 13.9 Å². The molecule has 0 spiro atoms. The van der Waals surface area contributed by atoms with E-state index < -0.39 is 0 Å². The number of fused-ring (bicyclic) bond motifs is 4. The highest BCUT2D eigenvalue weighted by molar-refractivity contribution is 6.34. The van der Waals surface area contributed by atoms with Crippen molar-refractivity contribution >= 4 is 56.4 Å². The average molecular weight is 482 g/mol. The molecule has 0 bridgehead atoms. The molecule has 0 saturated heterocycles. The Kier molecular flexibility index (Phi) is 5.78. The summed E-state index contributed by atoms with van der Waals surface area (Å²) in [5, 5.41) is 1.38. The highest BCUT2D eigenvalue weighted by Gasteiger charge is 2.23. The van der Waals surface area contributed by atoms with Crippen LogP contribution >= 0.6 is 23.2 Å². The third-order valence-corrected chi connectivity index (χ3v) is 6.13. The number of hydrogen-bond acceptors (Lipinski definition) is 5. The number of ether oxygens (including phenoxy) is 1. The van der Waals surface area contributed by atoms with Crippen molar-refractivity contribution < 1.29 is 4.74 Å². The van der Waals surface area contributed by atoms with Crippen LogP contribution in [0.15, 0.2) is 47.3 Å². The van der Waals surface area contributed by atoms with E-state index in [1.807, 2.05) is 38.1 Å². The summed E-state index contributed by atoms with van der Waals surface area (Å²) in [5.74, 6) is 0.593. The van der Waals surface area contributed by atoms with Crippen molar-refractivity contribution in [3.8, 4) is 5.69 Å². The summed E-state index contributed by atoms with van der Waals surface area (Å²) in [5.41, 5.74) is 3.27. The molecular formula is C24H21Cl2N5O2. The van der Waals surface area contributed by atoms with Crippen molar-refractivity contribution in [3.05, 3.63) is 68.7 Å². The number of hydrogen-bond donors (Lipinski definition) is 0. The molecule has 5 rings (SSSR count). The lowest BCUT2D eigenvalue weighted by Crippen LogP contribution is -2.24. The molecule has 7 nitrogen and oxygen atoms in total. The summed E-state index contributed by atoms with van der Waals surface area (Å²) >= 11 is 12.9. The van der Waals surface area contributed by atoms with Crippen molar-refractivity contribution in [1.82, 2.24) is 24.1 Å². The molecule has 0 aliphatic carbocycles. The Morgan fingerprint density at radius 1 is 1.00 bits per heavy atom. The molecule has 0 N–H and O–H groups in total. The third-order valence-electron chi connectivity index (χ3n) is 5.58. The quantitative estimate of drug-likeness (QED) is 0.306. The smallest absolute Gasteiger partial charge is 0.265 e. The summed E-state index contributed by atoms with van der Waals surface area (Å²) < 4.78 is 8.88. The van der Waals surface area contributed by atoms with Gasteiger partial charge in [0.2, 0.25) is 0 Å². The van der Waals surface area contributed by atoms with E-state index in [1.165, 1.54) is 0 Å². The van der Waals surface area contributed by atoms with Crippen molar-refractivity contribution in [3.63, 3.8) is 0 Å². The second-order valence-corrected chi connectivity index (χ2v) is 8.52. The Bertz CT molecular complexity index is 1580. The molecular weight excluding hydrogens is 461 g/mol. The van der Waals surface area contributed by atoms with Crippen molar-refractivity contribution in [2.24, 2.45) is 0 Å². The molecule has 0 amide bonds. The minimum Gasteiger partial charge on any atom is -0.382 e. The lowest BCUT2D eigenvalue weighted by molar-refractivity contribution is 0.141. The van der Waals surface area contributed by atoms with Gasteiger partial charge in [-0.15, -0.1) is 0 Å². The molecule has 0 saturated carbocycles. The normalized spacial score (nSPS) is 11.8. The van der Waals surface area contributed by atoms with E-state index in [0.717, 1.165) is 0 Å². The SMILES string of the molecule is CCOCCCn1c(C)nc2c(c1=O)c1nc3ccccc3nc1n2-c1cc(Cl)ccc1Cl. The molecule has 9 heteroatoms. The van der Waals surface area contributed by atoms with Crippen LogP contribution < -0.4 is 5.56 Å². The molecule has 0 fully saturated rings. The minimum absolute atomic E-state index is 0.166. The van der Waals surface area contributed by atoms with Gasteiger partial charge in [0.05, 0.1) is 21.7 Å². The monoisotopic (exact) mass is 481 g/mol. The summed E-state index contributed by atoms with van der Waals surface area (Å²) in [6, 6.07) is 12.7. The maximum Gasteiger partial charge on any atom is 0.265 e. The van der Waals surface area contributed by atoms with Gasteiger partial charge in [0.1, 0.15) is 16.7 Å². The van der Waals surface area contributed by atoms with Crippen LogP contribution in [0.4, 0.5) is 0 Å². The number of aryl methyl sites for hydroxylation is 1. The number of benzene rings is 2. The van der Waals surface area contributed by atoms with Gasteiger partial charge in [-0.05, 0) is 50.6 Å². The highest BCUT2D eigenvalue weighted by atomic mass is 35.5. The van der Waals surface area contributed by atoms with Gasteiger partial charge in [0.25, 0.3) is 5.56 Å². The Morgan fingerprint density at radius 2 is 1.76 bits per heavy atom. The average Bonchev–Trinajstić information content (AvgIpc) is 3.11. The summed E-state index contributed by atoms with van der Waals surface area (Å²) in [6.07, 6.45) is 0.704. The molecule has 0 atom stereocenters. The molecule has 33 heavy (non-hydrogen) atoms. The number of aromatic nitrogens is 5. The summed E-state index contributed by atoms with van der Waals surface area (Å²) in [7, 11) is 0. The zero-order chi connectivity index (χ0) is 23.1. The first kappa shape index (κ1) is 21.8. The number of para-hydroxylation sites is 2. The van der Waals surface area contributed by atoms with Crippen LogP contribution in [0.3, 0.4) is 0 Å². The second-order valence-electron chi connectivity index (χ2n) is 7.68. The fraction of sp³-hybridized carbons (Fsp3) is 0.250.